The summed E-state index contributed by atoms with van der Waals surface area (Å²) in [6.07, 6.45) is 3.59. The number of nitrogens with one attached hydrogen (secondary N) is 3. The van der Waals surface area contributed by atoms with Crippen LogP contribution in [0.5, 0.6) is 5.75 Å². The van der Waals surface area contributed by atoms with Crippen molar-refractivity contribution in [1.29, 1.82) is 0 Å². The number of aromatic nitrogens is 2. The van der Waals surface area contributed by atoms with E-state index in [1.165, 1.54) is 0 Å². The van der Waals surface area contributed by atoms with Gasteiger partial charge >= 0.3 is 5.97 Å². The van der Waals surface area contributed by atoms with Gasteiger partial charge in [-0.2, -0.15) is 0 Å². The number of amides is 1. The van der Waals surface area contributed by atoms with Gasteiger partial charge in [0.2, 0.25) is 0 Å². The van der Waals surface area contributed by atoms with Crippen molar-refractivity contribution in [2.75, 3.05) is 20.3 Å². The molecule has 1 atom stereocenters. The number of hydrogen-bond donors (Lipinski definition) is 3. The summed E-state index contributed by atoms with van der Waals surface area (Å²) in [5.41, 5.74) is 3.45. The monoisotopic (exact) mass is 417 g/mol. The van der Waals surface area contributed by atoms with E-state index in [0.717, 1.165) is 27.8 Å². The molecule has 0 aliphatic carbocycles. The molecule has 158 valence electrons. The first-order valence-corrected chi connectivity index (χ1v) is 9.93. The van der Waals surface area contributed by atoms with Gasteiger partial charge in [0, 0.05) is 35.8 Å². The van der Waals surface area contributed by atoms with Gasteiger partial charge in [0.25, 0.3) is 5.91 Å². The van der Waals surface area contributed by atoms with E-state index in [-0.39, 0.29) is 18.4 Å². The second kappa shape index (κ2) is 9.21. The number of methoxy groups -OCH3 is 1. The third kappa shape index (κ3) is 4.61. The summed E-state index contributed by atoms with van der Waals surface area (Å²) in [5, 5.41) is 3.99. The van der Waals surface area contributed by atoms with E-state index in [1.54, 1.807) is 25.4 Å². The highest BCUT2D eigenvalue weighted by Crippen LogP contribution is 2.31. The van der Waals surface area contributed by atoms with Crippen LogP contribution in [-0.4, -0.2) is 42.1 Å². The highest BCUT2D eigenvalue weighted by Gasteiger charge is 2.20. The van der Waals surface area contributed by atoms with Gasteiger partial charge in [-0.3, -0.25) is 4.79 Å². The van der Waals surface area contributed by atoms with E-state index in [9.17, 15) is 9.59 Å². The van der Waals surface area contributed by atoms with Gasteiger partial charge in [-0.15, -0.1) is 0 Å². The van der Waals surface area contributed by atoms with Crippen molar-refractivity contribution < 1.29 is 19.1 Å². The van der Waals surface area contributed by atoms with Crippen LogP contribution >= 0.6 is 0 Å². The zero-order valence-electron chi connectivity index (χ0n) is 17.1. The van der Waals surface area contributed by atoms with Gasteiger partial charge in [0.05, 0.1) is 7.11 Å². The molecule has 0 fully saturated rings. The lowest BCUT2D eigenvalue weighted by Crippen LogP contribution is -2.32. The van der Waals surface area contributed by atoms with Crippen molar-refractivity contribution in [1.82, 2.24) is 15.3 Å². The number of aromatic amines is 2. The number of hydrogen-bond acceptors (Lipinski definition) is 4. The Labute approximate surface area is 179 Å². The molecule has 0 radical (unpaired) electrons. The van der Waals surface area contributed by atoms with Gasteiger partial charge in [0.1, 0.15) is 11.4 Å². The predicted octanol–water partition coefficient (Wildman–Crippen LogP) is 3.61. The average Bonchev–Trinajstić information content (AvgIpc) is 3.49. The summed E-state index contributed by atoms with van der Waals surface area (Å²) in [6.45, 7) is 0.00807. The SMILES string of the molecule is COc1ccc([C@@H](CNC(=O)COC(=O)c2ccc[nH]2)c2c[nH]c3ccccc23)cc1. The second-order valence-electron chi connectivity index (χ2n) is 7.08. The van der Waals surface area contributed by atoms with Gasteiger partial charge < -0.3 is 24.8 Å². The third-order valence-corrected chi connectivity index (χ3v) is 5.17. The van der Waals surface area contributed by atoms with E-state index in [2.05, 4.69) is 21.4 Å². The Morgan fingerprint density at radius 3 is 2.55 bits per heavy atom. The molecule has 7 nitrogen and oxygen atoms in total. The molecule has 0 saturated heterocycles. The molecule has 2 aromatic carbocycles. The van der Waals surface area contributed by atoms with Crippen LogP contribution in [0.25, 0.3) is 10.9 Å². The number of rotatable bonds is 8. The first kappa shape index (κ1) is 20.3. The number of para-hydroxylation sites is 1. The molecule has 1 amide bonds. The summed E-state index contributed by atoms with van der Waals surface area (Å²) in [6, 6.07) is 19.1. The van der Waals surface area contributed by atoms with E-state index in [1.807, 2.05) is 48.7 Å². The largest absolute Gasteiger partial charge is 0.497 e. The lowest BCUT2D eigenvalue weighted by molar-refractivity contribution is -0.124. The fraction of sp³-hybridized carbons (Fsp3) is 0.167. The Morgan fingerprint density at radius 1 is 1.00 bits per heavy atom. The number of H-pyrrole nitrogens is 2. The molecule has 4 rings (SSSR count). The van der Waals surface area contributed by atoms with E-state index >= 15 is 0 Å². The van der Waals surface area contributed by atoms with Gasteiger partial charge in [-0.1, -0.05) is 30.3 Å². The van der Waals surface area contributed by atoms with Crippen LogP contribution in [-0.2, 0) is 9.53 Å². The Balaban J connectivity index is 1.49. The van der Waals surface area contributed by atoms with Crippen LogP contribution in [0.15, 0.2) is 73.1 Å². The molecule has 0 saturated carbocycles. The maximum atomic E-state index is 12.4. The summed E-state index contributed by atoms with van der Waals surface area (Å²) in [4.78, 5) is 30.3. The van der Waals surface area contributed by atoms with Crippen molar-refractivity contribution in [2.45, 2.75) is 5.92 Å². The molecule has 3 N–H and O–H groups in total. The molecular weight excluding hydrogens is 394 g/mol. The Bertz CT molecular complexity index is 1160. The number of carbonyl (C=O) groups excluding carboxylic acids is 2. The second-order valence-corrected chi connectivity index (χ2v) is 7.08. The maximum Gasteiger partial charge on any atom is 0.355 e. The molecule has 4 aromatic rings. The highest BCUT2D eigenvalue weighted by molar-refractivity contribution is 5.89. The molecule has 2 aromatic heterocycles. The Kier molecular flexibility index (Phi) is 6.03. The first-order chi connectivity index (χ1) is 15.2. The average molecular weight is 417 g/mol. The van der Waals surface area contributed by atoms with Gasteiger partial charge in [-0.05, 0) is 41.5 Å². The van der Waals surface area contributed by atoms with Crippen molar-refractivity contribution in [3.05, 3.63) is 89.9 Å². The topological polar surface area (TPSA) is 96.2 Å². The Hall–Kier alpha value is -4.00. The Morgan fingerprint density at radius 2 is 1.81 bits per heavy atom. The van der Waals surface area contributed by atoms with Crippen LogP contribution in [0.4, 0.5) is 0 Å². The molecule has 0 aliphatic rings. The quantitative estimate of drug-likeness (QED) is 0.382. The third-order valence-electron chi connectivity index (χ3n) is 5.17. The summed E-state index contributed by atoms with van der Waals surface area (Å²) < 4.78 is 10.3. The standard InChI is InChI=1S/C24H23N3O4/c1-30-17-10-8-16(9-11-17)19(20-14-26-21-6-3-2-5-18(20)21)13-27-23(28)15-31-24(29)22-7-4-12-25-22/h2-12,14,19,25-26H,13,15H2,1H3,(H,27,28)/t19-/m1/s1. The van der Waals surface area contributed by atoms with Crippen molar-refractivity contribution in [2.24, 2.45) is 0 Å². The normalized spacial score (nSPS) is 11.8. The highest BCUT2D eigenvalue weighted by atomic mass is 16.5. The minimum atomic E-state index is -0.566. The predicted molar refractivity (Wildman–Crippen MR) is 117 cm³/mol. The number of ether oxygens (including phenoxy) is 2. The molecule has 2 heterocycles. The number of benzene rings is 2. The zero-order valence-corrected chi connectivity index (χ0v) is 17.1. The van der Waals surface area contributed by atoms with Crippen LogP contribution in [0.1, 0.15) is 27.5 Å². The number of fused-ring (bicyclic) bond motifs is 1. The molecular formula is C24H23N3O4. The number of carbonyl (C=O) groups is 2. The van der Waals surface area contributed by atoms with Crippen LogP contribution in [0, 0.1) is 0 Å². The van der Waals surface area contributed by atoms with E-state index in [4.69, 9.17) is 9.47 Å². The van der Waals surface area contributed by atoms with Crippen molar-refractivity contribution >= 4 is 22.8 Å². The minimum absolute atomic E-state index is 0.0925. The van der Waals surface area contributed by atoms with Crippen molar-refractivity contribution in [3.8, 4) is 5.75 Å². The molecule has 31 heavy (non-hydrogen) atoms. The minimum Gasteiger partial charge on any atom is -0.497 e. The number of esters is 1. The van der Waals surface area contributed by atoms with Crippen LogP contribution in [0.3, 0.4) is 0 Å². The van der Waals surface area contributed by atoms with Crippen molar-refractivity contribution in [3.63, 3.8) is 0 Å². The molecule has 0 spiro atoms. The molecule has 0 aliphatic heterocycles. The molecule has 0 unspecified atom stereocenters. The first-order valence-electron chi connectivity index (χ1n) is 9.93. The van der Waals surface area contributed by atoms with Crippen LogP contribution < -0.4 is 10.1 Å². The molecule has 0 bridgehead atoms. The van der Waals surface area contributed by atoms with Crippen LogP contribution in [0.2, 0.25) is 0 Å². The fourth-order valence-electron chi connectivity index (χ4n) is 3.56. The zero-order chi connectivity index (χ0) is 21.6. The lowest BCUT2D eigenvalue weighted by atomic mass is 9.91. The smallest absolute Gasteiger partial charge is 0.355 e. The van der Waals surface area contributed by atoms with Gasteiger partial charge in [0.15, 0.2) is 6.61 Å². The maximum absolute atomic E-state index is 12.4. The lowest BCUT2D eigenvalue weighted by Gasteiger charge is -2.18. The van der Waals surface area contributed by atoms with Gasteiger partial charge in [-0.25, -0.2) is 4.79 Å². The fourth-order valence-corrected chi connectivity index (χ4v) is 3.56. The van der Waals surface area contributed by atoms with E-state index in [0.29, 0.717) is 12.2 Å². The summed E-state index contributed by atoms with van der Waals surface area (Å²) in [7, 11) is 1.63. The summed E-state index contributed by atoms with van der Waals surface area (Å²) >= 11 is 0. The summed E-state index contributed by atoms with van der Waals surface area (Å²) in [5.74, 6) is -0.256. The molecule has 7 heteroatoms. The van der Waals surface area contributed by atoms with E-state index < -0.39 is 5.97 Å².